The van der Waals surface area contributed by atoms with Crippen LogP contribution in [0.15, 0.2) is 55.1 Å². The summed E-state index contributed by atoms with van der Waals surface area (Å²) >= 11 is 0. The van der Waals surface area contributed by atoms with Gasteiger partial charge in [0.05, 0.1) is 24.0 Å². The van der Waals surface area contributed by atoms with Crippen LogP contribution in [0.25, 0.3) is 17.2 Å². The number of piperidine rings is 1. The Balaban J connectivity index is 1.35. The van der Waals surface area contributed by atoms with Crippen molar-refractivity contribution in [3.8, 4) is 17.6 Å². The second kappa shape index (κ2) is 9.52. The van der Waals surface area contributed by atoms with Gasteiger partial charge in [-0.2, -0.15) is 18.4 Å². The predicted molar refractivity (Wildman–Crippen MR) is 124 cm³/mol. The number of nitrogens with zero attached hydrogens (tertiary/aromatic N) is 7. The number of rotatable bonds is 5. The average molecular weight is 494 g/mol. The quantitative estimate of drug-likeness (QED) is 0.406. The summed E-state index contributed by atoms with van der Waals surface area (Å²) in [6.07, 6.45) is 1.09. The topological polar surface area (TPSA) is 115 Å². The number of fused-ring (bicyclic) bond motifs is 1. The number of imidazole rings is 1. The highest BCUT2D eigenvalue weighted by Gasteiger charge is 2.33. The summed E-state index contributed by atoms with van der Waals surface area (Å²) in [5, 5.41) is 22.9. The molecule has 5 rings (SSSR count). The highest BCUT2D eigenvalue weighted by atomic mass is 19.4. The van der Waals surface area contributed by atoms with Gasteiger partial charge in [-0.05, 0) is 36.6 Å². The van der Waals surface area contributed by atoms with Gasteiger partial charge in [-0.3, -0.25) is 9.72 Å². The number of aromatic nitrogens is 5. The van der Waals surface area contributed by atoms with Gasteiger partial charge in [0.15, 0.2) is 17.2 Å². The second-order valence-electron chi connectivity index (χ2n) is 8.47. The number of hydrogen-bond donors (Lipinski definition) is 2. The van der Waals surface area contributed by atoms with Gasteiger partial charge in [0.2, 0.25) is 0 Å². The van der Waals surface area contributed by atoms with Gasteiger partial charge in [-0.15, -0.1) is 0 Å². The lowest BCUT2D eigenvalue weighted by atomic mass is 10.0. The normalized spacial score (nSPS) is 17.2. The van der Waals surface area contributed by atoms with Gasteiger partial charge < -0.3 is 10.0 Å². The number of nitrogens with one attached hydrogen (secondary N) is 1. The smallest absolute Gasteiger partial charge is 0.374 e. The maximum atomic E-state index is 13.2. The van der Waals surface area contributed by atoms with Crippen LogP contribution in [0.3, 0.4) is 0 Å². The van der Waals surface area contributed by atoms with Gasteiger partial charge in [0.25, 0.3) is 0 Å². The number of nitriles is 1. The summed E-state index contributed by atoms with van der Waals surface area (Å²) in [7, 11) is 0. The van der Waals surface area contributed by atoms with Crippen molar-refractivity contribution >= 4 is 11.5 Å². The molecular formula is C24H21F3N8O. The summed E-state index contributed by atoms with van der Waals surface area (Å²) in [5.74, 6) is 0.857. The molecule has 1 saturated heterocycles. The minimum Gasteiger partial charge on any atom is -0.374 e. The van der Waals surface area contributed by atoms with Crippen molar-refractivity contribution in [2.75, 3.05) is 18.0 Å². The number of hydrogen-bond acceptors (Lipinski definition) is 8. The Morgan fingerprint density at radius 3 is 2.83 bits per heavy atom. The Morgan fingerprint density at radius 1 is 1.17 bits per heavy atom. The zero-order valence-corrected chi connectivity index (χ0v) is 18.9. The van der Waals surface area contributed by atoms with Crippen LogP contribution in [0.5, 0.6) is 0 Å². The second-order valence-corrected chi connectivity index (χ2v) is 8.47. The van der Waals surface area contributed by atoms with Gasteiger partial charge >= 0.3 is 6.18 Å². The van der Waals surface area contributed by atoms with Gasteiger partial charge in [-0.1, -0.05) is 12.1 Å². The van der Waals surface area contributed by atoms with Crippen LogP contribution < -0.4 is 10.2 Å². The van der Waals surface area contributed by atoms with Crippen molar-refractivity contribution < 1.29 is 18.3 Å². The first-order valence-electron chi connectivity index (χ1n) is 11.2. The molecule has 0 amide bonds. The molecule has 3 aromatic heterocycles. The third-order valence-electron chi connectivity index (χ3n) is 6.03. The lowest BCUT2D eigenvalue weighted by molar-refractivity contribution is -0.141. The molecule has 0 bridgehead atoms. The SMILES string of the molecule is N#Cc1cccc(C(O)N[C@H]2CCCN(c3ccnc(-c4cnc5cnc(C(F)(F)F)cn45)n3)C2)c1. The van der Waals surface area contributed by atoms with Gasteiger partial charge in [-0.25, -0.2) is 19.9 Å². The van der Waals surface area contributed by atoms with E-state index in [0.29, 0.717) is 29.2 Å². The molecule has 184 valence electrons. The van der Waals surface area contributed by atoms with E-state index >= 15 is 0 Å². The van der Waals surface area contributed by atoms with Crippen molar-refractivity contribution in [1.82, 2.24) is 29.7 Å². The van der Waals surface area contributed by atoms with Crippen LogP contribution in [0.2, 0.25) is 0 Å². The molecule has 0 aliphatic carbocycles. The molecule has 1 fully saturated rings. The molecule has 0 spiro atoms. The lowest BCUT2D eigenvalue weighted by Crippen LogP contribution is -2.47. The molecule has 4 heterocycles. The van der Waals surface area contributed by atoms with E-state index in [1.54, 1.807) is 36.5 Å². The molecule has 12 heteroatoms. The monoisotopic (exact) mass is 494 g/mol. The highest BCUT2D eigenvalue weighted by molar-refractivity contribution is 5.58. The molecule has 1 aromatic carbocycles. The number of alkyl halides is 3. The van der Waals surface area contributed by atoms with E-state index in [1.807, 2.05) is 4.90 Å². The molecule has 0 radical (unpaired) electrons. The van der Waals surface area contributed by atoms with Crippen LogP contribution in [-0.4, -0.2) is 48.6 Å². The number of halogens is 3. The van der Waals surface area contributed by atoms with E-state index in [0.717, 1.165) is 31.8 Å². The number of anilines is 1. The van der Waals surface area contributed by atoms with Crippen molar-refractivity contribution in [2.45, 2.75) is 31.3 Å². The van der Waals surface area contributed by atoms with E-state index < -0.39 is 18.1 Å². The fraction of sp³-hybridized carbons (Fsp3) is 0.292. The number of aliphatic hydroxyl groups excluding tert-OH is 1. The molecule has 1 aliphatic rings. The third-order valence-corrected chi connectivity index (χ3v) is 6.03. The fourth-order valence-corrected chi connectivity index (χ4v) is 4.27. The zero-order chi connectivity index (χ0) is 25.3. The molecule has 36 heavy (non-hydrogen) atoms. The van der Waals surface area contributed by atoms with Gasteiger partial charge in [0.1, 0.15) is 17.7 Å². The summed E-state index contributed by atoms with van der Waals surface area (Å²) in [5.41, 5.74) is 0.616. The average Bonchev–Trinajstić information content (AvgIpc) is 3.32. The number of benzene rings is 1. The van der Waals surface area contributed by atoms with Crippen molar-refractivity contribution in [3.05, 3.63) is 71.9 Å². The van der Waals surface area contributed by atoms with E-state index in [4.69, 9.17) is 5.26 Å². The number of aliphatic hydroxyl groups is 1. The van der Waals surface area contributed by atoms with E-state index in [9.17, 15) is 18.3 Å². The maximum absolute atomic E-state index is 13.2. The van der Waals surface area contributed by atoms with E-state index in [1.165, 1.54) is 10.6 Å². The van der Waals surface area contributed by atoms with Crippen LogP contribution in [-0.2, 0) is 6.18 Å². The summed E-state index contributed by atoms with van der Waals surface area (Å²) in [6, 6.07) is 10.6. The minimum absolute atomic E-state index is 0.0471. The van der Waals surface area contributed by atoms with Gasteiger partial charge in [0, 0.05) is 31.5 Å². The molecule has 2 atom stereocenters. The largest absolute Gasteiger partial charge is 0.434 e. The first-order valence-corrected chi connectivity index (χ1v) is 11.2. The molecule has 4 aromatic rings. The van der Waals surface area contributed by atoms with Crippen LogP contribution in [0.4, 0.5) is 19.0 Å². The summed E-state index contributed by atoms with van der Waals surface area (Å²) < 4.78 is 40.8. The Morgan fingerprint density at radius 2 is 2.03 bits per heavy atom. The van der Waals surface area contributed by atoms with E-state index in [-0.39, 0.29) is 17.5 Å². The highest BCUT2D eigenvalue weighted by Crippen LogP contribution is 2.29. The maximum Gasteiger partial charge on any atom is 0.434 e. The predicted octanol–water partition coefficient (Wildman–Crippen LogP) is 3.33. The standard InChI is InChI=1S/C24H21F3N8O/c25-24(26,27)19-14-35-18(11-31-21(35)12-30-19)22-29-7-6-20(33-22)34-8-2-5-17(13-34)32-23(36)16-4-1-3-15(9-16)10-28/h1,3-4,6-7,9,11-12,14,17,23,32,36H,2,5,8,13H2/t17-,23?/m0/s1. The molecule has 1 unspecified atom stereocenters. The Labute approximate surface area is 203 Å². The Kier molecular flexibility index (Phi) is 6.26. The third kappa shape index (κ3) is 4.84. The molecule has 1 aliphatic heterocycles. The van der Waals surface area contributed by atoms with E-state index in [2.05, 4.69) is 31.3 Å². The van der Waals surface area contributed by atoms with Crippen molar-refractivity contribution in [1.29, 1.82) is 5.26 Å². The first-order chi connectivity index (χ1) is 17.3. The van der Waals surface area contributed by atoms with Crippen LogP contribution >= 0.6 is 0 Å². The van der Waals surface area contributed by atoms with Crippen LogP contribution in [0, 0.1) is 11.3 Å². The molecule has 9 nitrogen and oxygen atoms in total. The fourth-order valence-electron chi connectivity index (χ4n) is 4.27. The lowest BCUT2D eigenvalue weighted by Gasteiger charge is -2.35. The summed E-state index contributed by atoms with van der Waals surface area (Å²) in [4.78, 5) is 18.5. The molecule has 0 saturated carbocycles. The summed E-state index contributed by atoms with van der Waals surface area (Å²) in [6.45, 7) is 1.28. The Bertz CT molecular complexity index is 1430. The zero-order valence-electron chi connectivity index (χ0n) is 18.9. The Hall–Kier alpha value is -4.08. The first kappa shape index (κ1) is 23.7. The molecular weight excluding hydrogens is 473 g/mol. The molecule has 2 N–H and O–H groups in total. The minimum atomic E-state index is -4.59. The van der Waals surface area contributed by atoms with Crippen LogP contribution in [0.1, 0.15) is 35.9 Å². The van der Waals surface area contributed by atoms with Crippen molar-refractivity contribution in [3.63, 3.8) is 0 Å². The van der Waals surface area contributed by atoms with Crippen molar-refractivity contribution in [2.24, 2.45) is 0 Å².